The first-order valence-electron chi connectivity index (χ1n) is 7.17. The summed E-state index contributed by atoms with van der Waals surface area (Å²) in [6.45, 7) is 12.3. The molecule has 0 aromatic heterocycles. The van der Waals surface area contributed by atoms with Crippen molar-refractivity contribution in [2.45, 2.75) is 52.9 Å². The lowest BCUT2D eigenvalue weighted by Crippen LogP contribution is -2.00. The van der Waals surface area contributed by atoms with Crippen LogP contribution in [0.15, 0.2) is 19.2 Å². The van der Waals surface area contributed by atoms with Crippen molar-refractivity contribution in [1.82, 2.24) is 0 Å². The molecule has 0 spiro atoms. The van der Waals surface area contributed by atoms with Crippen LogP contribution in [0, 0.1) is 5.92 Å². The molecule has 1 aromatic carbocycles. The molecule has 2 N–H and O–H groups in total. The van der Waals surface area contributed by atoms with E-state index in [1.54, 1.807) is 0 Å². The van der Waals surface area contributed by atoms with Gasteiger partial charge in [-0.2, -0.15) is 0 Å². The Balaban J connectivity index is 0.000000371. The van der Waals surface area contributed by atoms with Crippen molar-refractivity contribution in [2.75, 3.05) is 5.73 Å². The van der Waals surface area contributed by atoms with Crippen molar-refractivity contribution >= 4 is 5.69 Å². The molecule has 1 aromatic rings. The minimum atomic E-state index is 0.801. The molecule has 0 amide bonds. The van der Waals surface area contributed by atoms with Crippen LogP contribution in [0.4, 0.5) is 5.69 Å². The Morgan fingerprint density at radius 1 is 1.06 bits per heavy atom. The molecule has 3 rings (SSSR count). The van der Waals surface area contributed by atoms with Crippen molar-refractivity contribution in [1.29, 1.82) is 0 Å². The van der Waals surface area contributed by atoms with Crippen LogP contribution < -0.4 is 5.73 Å². The SMILES string of the molecule is C=C.CC.CC1Cc2cc3c(c(N)c2C1)CCC3. The molecule has 0 bridgehead atoms. The molecule has 0 saturated heterocycles. The smallest absolute Gasteiger partial charge is 0.0384 e. The number of rotatable bonds is 0. The molecule has 1 atom stereocenters. The summed E-state index contributed by atoms with van der Waals surface area (Å²) in [5.74, 6) is 0.801. The van der Waals surface area contributed by atoms with Crippen molar-refractivity contribution in [3.8, 4) is 0 Å². The van der Waals surface area contributed by atoms with Crippen LogP contribution >= 0.6 is 0 Å². The molecule has 0 fully saturated rings. The predicted octanol–water partition coefficient (Wildman–Crippen LogP) is 4.32. The van der Waals surface area contributed by atoms with E-state index in [9.17, 15) is 0 Å². The summed E-state index contributed by atoms with van der Waals surface area (Å²) in [4.78, 5) is 0. The van der Waals surface area contributed by atoms with Gasteiger partial charge in [-0.1, -0.05) is 26.8 Å². The van der Waals surface area contributed by atoms with E-state index in [0.717, 1.165) is 11.6 Å². The number of anilines is 1. The Hall–Kier alpha value is -1.24. The third-order valence-electron chi connectivity index (χ3n) is 3.77. The maximum absolute atomic E-state index is 6.25. The molecule has 1 unspecified atom stereocenters. The number of fused-ring (bicyclic) bond motifs is 2. The van der Waals surface area contributed by atoms with E-state index in [4.69, 9.17) is 5.73 Å². The molecular weight excluding hydrogens is 218 g/mol. The molecule has 1 nitrogen and oxygen atoms in total. The minimum absolute atomic E-state index is 0.801. The number of nitrogen functional groups attached to an aromatic ring is 1. The van der Waals surface area contributed by atoms with Crippen LogP contribution in [-0.4, -0.2) is 0 Å². The number of nitrogens with two attached hydrogens (primary N) is 1. The van der Waals surface area contributed by atoms with E-state index < -0.39 is 0 Å². The molecule has 2 aliphatic carbocycles. The maximum atomic E-state index is 6.25. The molecule has 0 saturated carbocycles. The summed E-state index contributed by atoms with van der Waals surface area (Å²) in [5.41, 5.74) is 13.4. The molecule has 0 heterocycles. The van der Waals surface area contributed by atoms with Gasteiger partial charge in [0.1, 0.15) is 0 Å². The highest BCUT2D eigenvalue weighted by Gasteiger charge is 2.25. The first kappa shape index (κ1) is 14.8. The van der Waals surface area contributed by atoms with Crippen LogP contribution in [-0.2, 0) is 25.7 Å². The van der Waals surface area contributed by atoms with Crippen molar-refractivity contribution in [3.63, 3.8) is 0 Å². The molecule has 18 heavy (non-hydrogen) atoms. The summed E-state index contributed by atoms with van der Waals surface area (Å²) in [6, 6.07) is 2.43. The van der Waals surface area contributed by atoms with Gasteiger partial charge in [-0.15, -0.1) is 13.2 Å². The van der Waals surface area contributed by atoms with Crippen molar-refractivity contribution in [2.24, 2.45) is 5.92 Å². The fourth-order valence-corrected chi connectivity index (χ4v) is 3.11. The van der Waals surface area contributed by atoms with Crippen LogP contribution in [0.5, 0.6) is 0 Å². The number of hydrogen-bond acceptors (Lipinski definition) is 1. The standard InChI is InChI=1S/C13H17N.C2H6.C2H4/c1-8-5-10-7-9-3-2-4-11(9)13(14)12(10)6-8;2*1-2/h7-8H,2-6,14H2,1H3;1-2H3;1-2H2. The molecule has 2 aliphatic rings. The molecule has 1 heteroatoms. The number of benzene rings is 1. The fraction of sp³-hybridized carbons (Fsp3) is 0.529. The Morgan fingerprint density at radius 3 is 2.39 bits per heavy atom. The van der Waals surface area contributed by atoms with Crippen LogP contribution in [0.3, 0.4) is 0 Å². The first-order chi connectivity index (χ1) is 8.75. The van der Waals surface area contributed by atoms with E-state index in [0.29, 0.717) is 0 Å². The Morgan fingerprint density at radius 2 is 1.72 bits per heavy atom. The quantitative estimate of drug-likeness (QED) is 0.534. The highest BCUT2D eigenvalue weighted by Crippen LogP contribution is 2.38. The third kappa shape index (κ3) is 2.60. The van der Waals surface area contributed by atoms with E-state index >= 15 is 0 Å². The Labute approximate surface area is 112 Å². The van der Waals surface area contributed by atoms with Crippen LogP contribution in [0.25, 0.3) is 0 Å². The number of hydrogen-bond donors (Lipinski definition) is 1. The zero-order valence-corrected chi connectivity index (χ0v) is 12.2. The van der Waals surface area contributed by atoms with Gasteiger partial charge in [0.2, 0.25) is 0 Å². The molecule has 100 valence electrons. The lowest BCUT2D eigenvalue weighted by molar-refractivity contribution is 0.628. The van der Waals surface area contributed by atoms with Gasteiger partial charge >= 0.3 is 0 Å². The van der Waals surface area contributed by atoms with Gasteiger partial charge in [0.15, 0.2) is 0 Å². The van der Waals surface area contributed by atoms with Gasteiger partial charge in [0.25, 0.3) is 0 Å². The van der Waals surface area contributed by atoms with Gasteiger partial charge in [0, 0.05) is 5.69 Å². The zero-order chi connectivity index (χ0) is 13.7. The predicted molar refractivity (Wildman–Crippen MR) is 82.1 cm³/mol. The average Bonchev–Trinajstić information content (AvgIpc) is 3.01. The van der Waals surface area contributed by atoms with Gasteiger partial charge in [-0.25, -0.2) is 0 Å². The third-order valence-corrected chi connectivity index (χ3v) is 3.77. The zero-order valence-electron chi connectivity index (χ0n) is 12.2. The fourth-order valence-electron chi connectivity index (χ4n) is 3.11. The summed E-state index contributed by atoms with van der Waals surface area (Å²) in [7, 11) is 0. The van der Waals surface area contributed by atoms with Gasteiger partial charge in [-0.3, -0.25) is 0 Å². The molecule has 0 radical (unpaired) electrons. The Bertz CT molecular complexity index is 407. The number of aryl methyl sites for hydroxylation is 1. The second-order valence-corrected chi connectivity index (χ2v) is 4.93. The second-order valence-electron chi connectivity index (χ2n) is 4.93. The summed E-state index contributed by atoms with van der Waals surface area (Å²) in [5, 5.41) is 0. The average molecular weight is 245 g/mol. The minimum Gasteiger partial charge on any atom is -0.398 e. The second kappa shape index (κ2) is 6.63. The van der Waals surface area contributed by atoms with E-state index in [-0.39, 0.29) is 0 Å². The first-order valence-corrected chi connectivity index (χ1v) is 7.17. The van der Waals surface area contributed by atoms with Crippen LogP contribution in [0.2, 0.25) is 0 Å². The van der Waals surface area contributed by atoms with Gasteiger partial charge in [-0.05, 0) is 60.3 Å². The summed E-state index contributed by atoms with van der Waals surface area (Å²) >= 11 is 0. The van der Waals surface area contributed by atoms with Crippen LogP contribution in [0.1, 0.15) is 49.4 Å². The van der Waals surface area contributed by atoms with E-state index in [2.05, 4.69) is 26.1 Å². The van der Waals surface area contributed by atoms with Crippen molar-refractivity contribution < 1.29 is 0 Å². The van der Waals surface area contributed by atoms with Gasteiger partial charge < -0.3 is 5.73 Å². The maximum Gasteiger partial charge on any atom is 0.0384 e. The lowest BCUT2D eigenvalue weighted by Gasteiger charge is -2.10. The topological polar surface area (TPSA) is 26.0 Å². The van der Waals surface area contributed by atoms with Gasteiger partial charge in [0.05, 0.1) is 0 Å². The highest BCUT2D eigenvalue weighted by molar-refractivity contribution is 5.63. The highest BCUT2D eigenvalue weighted by atomic mass is 14.6. The monoisotopic (exact) mass is 245 g/mol. The largest absolute Gasteiger partial charge is 0.398 e. The summed E-state index contributed by atoms with van der Waals surface area (Å²) < 4.78 is 0. The molecule has 0 aliphatic heterocycles. The normalized spacial score (nSPS) is 18.9. The lowest BCUT2D eigenvalue weighted by atomic mass is 9.99. The summed E-state index contributed by atoms with van der Waals surface area (Å²) in [6.07, 6.45) is 6.21. The Kier molecular flexibility index (Phi) is 5.46. The van der Waals surface area contributed by atoms with E-state index in [1.165, 1.54) is 54.4 Å². The molecular formula is C17H27N. The van der Waals surface area contributed by atoms with E-state index in [1.807, 2.05) is 13.8 Å². The van der Waals surface area contributed by atoms with Crippen molar-refractivity contribution in [3.05, 3.63) is 41.5 Å².